The number of esters is 1. The van der Waals surface area contributed by atoms with E-state index in [-0.39, 0.29) is 5.97 Å². The number of nitrogens with one attached hydrogen (secondary N) is 1. The fourth-order valence-corrected chi connectivity index (χ4v) is 2.37. The van der Waals surface area contributed by atoms with Crippen LogP contribution in [0, 0.1) is 6.92 Å². The average molecular weight is 263 g/mol. The summed E-state index contributed by atoms with van der Waals surface area (Å²) in [5, 5.41) is 3.44. The molecule has 1 fully saturated rings. The van der Waals surface area contributed by atoms with Crippen LogP contribution in [0.4, 0.5) is 5.82 Å². The number of piperazine rings is 1. The molecule has 19 heavy (non-hydrogen) atoms. The summed E-state index contributed by atoms with van der Waals surface area (Å²) in [5.41, 5.74) is 1.24. The van der Waals surface area contributed by atoms with Crippen molar-refractivity contribution in [2.75, 3.05) is 25.1 Å². The lowest BCUT2D eigenvalue weighted by Crippen LogP contribution is -2.54. The number of hydrogen-bond acceptors (Lipinski definition) is 5. The van der Waals surface area contributed by atoms with Gasteiger partial charge in [0, 0.05) is 25.2 Å². The standard InChI is InChI=1S/C14H21N3O2/c1-9-8-17(10(2)7-15-9)13-6-5-12(11(3)16-13)14(18)19-4/h5-6,9-10,15H,7-8H2,1-4H3. The molecule has 1 aromatic heterocycles. The molecule has 104 valence electrons. The van der Waals surface area contributed by atoms with Crippen molar-refractivity contribution in [1.29, 1.82) is 0 Å². The van der Waals surface area contributed by atoms with Gasteiger partial charge in [-0.05, 0) is 32.9 Å². The van der Waals surface area contributed by atoms with Gasteiger partial charge in [0.2, 0.25) is 0 Å². The Labute approximate surface area is 114 Å². The van der Waals surface area contributed by atoms with E-state index in [1.165, 1.54) is 7.11 Å². The van der Waals surface area contributed by atoms with Crippen molar-refractivity contribution in [2.45, 2.75) is 32.9 Å². The summed E-state index contributed by atoms with van der Waals surface area (Å²) < 4.78 is 4.74. The average Bonchev–Trinajstić information content (AvgIpc) is 2.40. The molecule has 0 spiro atoms. The molecule has 0 saturated carbocycles. The molecule has 0 amide bonds. The van der Waals surface area contributed by atoms with Gasteiger partial charge in [-0.25, -0.2) is 9.78 Å². The summed E-state index contributed by atoms with van der Waals surface area (Å²) in [5.74, 6) is 0.587. The highest BCUT2D eigenvalue weighted by Crippen LogP contribution is 2.20. The van der Waals surface area contributed by atoms with Crippen molar-refractivity contribution in [3.8, 4) is 0 Å². The number of carbonyl (C=O) groups excluding carboxylic acids is 1. The minimum atomic E-state index is -0.335. The zero-order chi connectivity index (χ0) is 14.0. The smallest absolute Gasteiger partial charge is 0.339 e. The van der Waals surface area contributed by atoms with Crippen LogP contribution in [0.15, 0.2) is 12.1 Å². The number of hydrogen-bond donors (Lipinski definition) is 1. The fourth-order valence-electron chi connectivity index (χ4n) is 2.37. The normalized spacial score (nSPS) is 23.3. The molecule has 1 aliphatic heterocycles. The Hall–Kier alpha value is -1.62. The topological polar surface area (TPSA) is 54.5 Å². The largest absolute Gasteiger partial charge is 0.465 e. The van der Waals surface area contributed by atoms with E-state index in [9.17, 15) is 4.79 Å². The molecule has 0 radical (unpaired) electrons. The zero-order valence-corrected chi connectivity index (χ0v) is 11.9. The third-order valence-electron chi connectivity index (χ3n) is 3.54. The van der Waals surface area contributed by atoms with E-state index in [1.807, 2.05) is 13.0 Å². The van der Waals surface area contributed by atoms with Crippen LogP contribution in [0.2, 0.25) is 0 Å². The lowest BCUT2D eigenvalue weighted by atomic mass is 10.1. The van der Waals surface area contributed by atoms with Gasteiger partial charge in [0.05, 0.1) is 18.4 Å². The van der Waals surface area contributed by atoms with Crippen LogP contribution in [0.25, 0.3) is 0 Å². The molecule has 2 rings (SSSR count). The monoisotopic (exact) mass is 263 g/mol. The Bertz CT molecular complexity index is 476. The van der Waals surface area contributed by atoms with Crippen molar-refractivity contribution in [2.24, 2.45) is 0 Å². The molecule has 0 aliphatic carbocycles. The minimum absolute atomic E-state index is 0.335. The summed E-state index contributed by atoms with van der Waals surface area (Å²) in [6.07, 6.45) is 0. The third kappa shape index (κ3) is 2.87. The van der Waals surface area contributed by atoms with Crippen LogP contribution in [0.1, 0.15) is 29.9 Å². The first kappa shape index (κ1) is 13.8. The maximum absolute atomic E-state index is 11.6. The number of aryl methyl sites for hydroxylation is 1. The minimum Gasteiger partial charge on any atom is -0.465 e. The Kier molecular flexibility index (Phi) is 4.04. The molecule has 2 unspecified atom stereocenters. The van der Waals surface area contributed by atoms with E-state index >= 15 is 0 Å². The van der Waals surface area contributed by atoms with Crippen molar-refractivity contribution < 1.29 is 9.53 Å². The van der Waals surface area contributed by atoms with Gasteiger partial charge in [0.15, 0.2) is 0 Å². The van der Waals surface area contributed by atoms with E-state index in [2.05, 4.69) is 29.0 Å². The summed E-state index contributed by atoms with van der Waals surface area (Å²) >= 11 is 0. The highest BCUT2D eigenvalue weighted by molar-refractivity contribution is 5.90. The van der Waals surface area contributed by atoms with Gasteiger partial charge in [-0.2, -0.15) is 0 Å². The third-order valence-corrected chi connectivity index (χ3v) is 3.54. The fraction of sp³-hybridized carbons (Fsp3) is 0.571. The highest BCUT2D eigenvalue weighted by atomic mass is 16.5. The second-order valence-corrected chi connectivity index (χ2v) is 5.10. The summed E-state index contributed by atoms with van der Waals surface area (Å²) in [4.78, 5) is 18.4. The van der Waals surface area contributed by atoms with Crippen LogP contribution >= 0.6 is 0 Å². The van der Waals surface area contributed by atoms with Gasteiger partial charge in [0.25, 0.3) is 0 Å². The van der Waals surface area contributed by atoms with Crippen LogP contribution < -0.4 is 10.2 Å². The lowest BCUT2D eigenvalue weighted by Gasteiger charge is -2.38. The number of pyridine rings is 1. The maximum Gasteiger partial charge on any atom is 0.339 e. The van der Waals surface area contributed by atoms with Crippen molar-refractivity contribution in [3.05, 3.63) is 23.4 Å². The molecule has 1 N–H and O–H groups in total. The summed E-state index contributed by atoms with van der Waals surface area (Å²) in [7, 11) is 1.38. The molecular weight excluding hydrogens is 242 g/mol. The molecule has 0 aromatic carbocycles. The number of anilines is 1. The van der Waals surface area contributed by atoms with Crippen LogP contribution in [-0.2, 0) is 4.74 Å². The first-order valence-electron chi connectivity index (χ1n) is 6.59. The Morgan fingerprint density at radius 1 is 1.47 bits per heavy atom. The number of aromatic nitrogens is 1. The van der Waals surface area contributed by atoms with Crippen molar-refractivity contribution >= 4 is 11.8 Å². The number of rotatable bonds is 2. The summed E-state index contributed by atoms with van der Waals surface area (Å²) in [6.45, 7) is 8.04. The van der Waals surface area contributed by atoms with Crippen molar-refractivity contribution in [3.63, 3.8) is 0 Å². The summed E-state index contributed by atoms with van der Waals surface area (Å²) in [6, 6.07) is 4.53. The van der Waals surface area contributed by atoms with E-state index in [0.717, 1.165) is 18.9 Å². The Balaban J connectivity index is 2.26. The van der Waals surface area contributed by atoms with E-state index < -0.39 is 0 Å². The zero-order valence-electron chi connectivity index (χ0n) is 11.9. The Morgan fingerprint density at radius 3 is 2.84 bits per heavy atom. The molecule has 5 nitrogen and oxygen atoms in total. The first-order chi connectivity index (χ1) is 9.02. The number of methoxy groups -OCH3 is 1. The van der Waals surface area contributed by atoms with Crippen LogP contribution in [0.5, 0.6) is 0 Å². The van der Waals surface area contributed by atoms with Gasteiger partial charge in [-0.3, -0.25) is 0 Å². The molecule has 0 bridgehead atoms. The predicted octanol–water partition coefficient (Wildman–Crippen LogP) is 1.36. The number of carbonyl (C=O) groups is 1. The lowest BCUT2D eigenvalue weighted by molar-refractivity contribution is 0.0599. The molecule has 1 aliphatic rings. The van der Waals surface area contributed by atoms with Crippen molar-refractivity contribution in [1.82, 2.24) is 10.3 Å². The van der Waals surface area contributed by atoms with Gasteiger partial charge in [-0.1, -0.05) is 0 Å². The Morgan fingerprint density at radius 2 is 2.21 bits per heavy atom. The SMILES string of the molecule is COC(=O)c1ccc(N2CC(C)NCC2C)nc1C. The second-order valence-electron chi connectivity index (χ2n) is 5.10. The van der Waals surface area contributed by atoms with Gasteiger partial charge >= 0.3 is 5.97 Å². The highest BCUT2D eigenvalue weighted by Gasteiger charge is 2.24. The van der Waals surface area contributed by atoms with E-state index in [0.29, 0.717) is 23.3 Å². The van der Waals surface area contributed by atoms with Crippen LogP contribution in [-0.4, -0.2) is 43.2 Å². The second kappa shape index (κ2) is 5.57. The number of nitrogens with zero attached hydrogens (tertiary/aromatic N) is 2. The molecule has 2 atom stereocenters. The van der Waals surface area contributed by atoms with E-state index in [1.54, 1.807) is 6.07 Å². The number of ether oxygens (including phenoxy) is 1. The molecular formula is C14H21N3O2. The molecule has 2 heterocycles. The quantitative estimate of drug-likeness (QED) is 0.817. The molecule has 5 heteroatoms. The van der Waals surface area contributed by atoms with E-state index in [4.69, 9.17) is 4.74 Å². The predicted molar refractivity (Wildman–Crippen MR) is 74.6 cm³/mol. The van der Waals surface area contributed by atoms with Gasteiger partial charge < -0.3 is 15.0 Å². The van der Waals surface area contributed by atoms with Gasteiger partial charge in [-0.15, -0.1) is 0 Å². The molecule has 1 aromatic rings. The van der Waals surface area contributed by atoms with Gasteiger partial charge in [0.1, 0.15) is 5.82 Å². The first-order valence-corrected chi connectivity index (χ1v) is 6.59. The van der Waals surface area contributed by atoms with Crippen LogP contribution in [0.3, 0.4) is 0 Å². The molecule has 1 saturated heterocycles. The maximum atomic E-state index is 11.6.